The van der Waals surface area contributed by atoms with Gasteiger partial charge < -0.3 is 10.0 Å². The number of carboxylic acid groups (broad SMARTS) is 1. The van der Waals surface area contributed by atoms with Crippen LogP contribution in [0.5, 0.6) is 0 Å². The fourth-order valence-corrected chi connectivity index (χ4v) is 3.66. The van der Waals surface area contributed by atoms with E-state index in [0.29, 0.717) is 5.69 Å². The maximum Gasteiger partial charge on any atom is 0.317 e. The molecule has 0 saturated carbocycles. The first kappa shape index (κ1) is 18.4. The summed E-state index contributed by atoms with van der Waals surface area (Å²) in [4.78, 5) is 15.4. The van der Waals surface area contributed by atoms with Crippen molar-refractivity contribution in [3.8, 4) is 0 Å². The second-order valence-corrected chi connectivity index (χ2v) is 6.77. The van der Waals surface area contributed by atoms with Crippen molar-refractivity contribution in [2.24, 2.45) is 0 Å². The average molecular weight is 356 g/mol. The normalized spacial score (nSPS) is 15.4. The first-order chi connectivity index (χ1) is 12.6. The van der Waals surface area contributed by atoms with Crippen molar-refractivity contribution in [2.75, 3.05) is 31.1 Å². The highest BCUT2D eigenvalue weighted by molar-refractivity contribution is 5.69. The molecule has 1 aliphatic heterocycles. The van der Waals surface area contributed by atoms with Crippen LogP contribution in [0, 0.1) is 5.82 Å². The molecule has 0 unspecified atom stereocenters. The number of nitrogens with zero attached hydrogens (tertiary/aromatic N) is 2. The Morgan fingerprint density at radius 1 is 1.08 bits per heavy atom. The van der Waals surface area contributed by atoms with E-state index in [1.54, 1.807) is 12.1 Å². The molecule has 0 bridgehead atoms. The van der Waals surface area contributed by atoms with E-state index in [-0.39, 0.29) is 18.4 Å². The molecule has 2 aromatic rings. The number of carboxylic acids is 1. The quantitative estimate of drug-likeness (QED) is 0.826. The van der Waals surface area contributed by atoms with Crippen molar-refractivity contribution in [3.63, 3.8) is 0 Å². The van der Waals surface area contributed by atoms with E-state index in [0.717, 1.165) is 38.9 Å². The number of rotatable bonds is 7. The Labute approximate surface area is 153 Å². The molecule has 5 heteroatoms. The summed E-state index contributed by atoms with van der Waals surface area (Å²) in [5.41, 5.74) is 1.85. The lowest BCUT2D eigenvalue weighted by molar-refractivity contribution is -0.139. The summed E-state index contributed by atoms with van der Waals surface area (Å²) in [5, 5.41) is 9.28. The first-order valence-electron chi connectivity index (χ1n) is 9.13. The second kappa shape index (κ2) is 8.81. The third-order valence-corrected chi connectivity index (χ3v) is 5.04. The molecule has 1 fully saturated rings. The molecule has 0 spiro atoms. The van der Waals surface area contributed by atoms with Crippen molar-refractivity contribution in [1.82, 2.24) is 4.90 Å². The highest BCUT2D eigenvalue weighted by atomic mass is 19.1. The Bertz CT molecular complexity index is 715. The molecule has 0 amide bonds. The number of carbonyl (C=O) groups is 1. The molecular weight excluding hydrogens is 331 g/mol. The zero-order valence-corrected chi connectivity index (χ0v) is 14.9. The Kier molecular flexibility index (Phi) is 6.23. The Morgan fingerprint density at radius 2 is 1.73 bits per heavy atom. The predicted octanol–water partition coefficient (Wildman–Crippen LogP) is 3.42. The van der Waals surface area contributed by atoms with E-state index in [1.807, 2.05) is 24.3 Å². The average Bonchev–Trinajstić information content (AvgIpc) is 2.66. The molecule has 0 aliphatic carbocycles. The molecule has 2 aromatic carbocycles. The number of hydrogen-bond donors (Lipinski definition) is 1. The fraction of sp³-hybridized carbons (Fsp3) is 0.381. The van der Waals surface area contributed by atoms with Crippen molar-refractivity contribution in [3.05, 3.63) is 66.0 Å². The van der Waals surface area contributed by atoms with Crippen molar-refractivity contribution in [2.45, 2.75) is 25.3 Å². The number of benzene rings is 2. The van der Waals surface area contributed by atoms with E-state index in [1.165, 1.54) is 11.6 Å². The third-order valence-electron chi connectivity index (χ3n) is 5.04. The number of para-hydroxylation sites is 1. The Morgan fingerprint density at radius 3 is 2.38 bits per heavy atom. The first-order valence-corrected chi connectivity index (χ1v) is 9.13. The van der Waals surface area contributed by atoms with Crippen LogP contribution in [0.25, 0.3) is 0 Å². The number of hydrogen-bond acceptors (Lipinski definition) is 3. The summed E-state index contributed by atoms with van der Waals surface area (Å²) in [6.45, 7) is 2.26. The van der Waals surface area contributed by atoms with Gasteiger partial charge in [0.25, 0.3) is 0 Å². The number of piperidine rings is 1. The van der Waals surface area contributed by atoms with Gasteiger partial charge in [0.2, 0.25) is 0 Å². The van der Waals surface area contributed by atoms with Gasteiger partial charge in [0, 0.05) is 25.7 Å². The smallest absolute Gasteiger partial charge is 0.317 e. The second-order valence-electron chi connectivity index (χ2n) is 6.77. The molecule has 0 aromatic heterocycles. The van der Waals surface area contributed by atoms with Gasteiger partial charge in [-0.3, -0.25) is 9.69 Å². The molecule has 0 atom stereocenters. The van der Waals surface area contributed by atoms with Gasteiger partial charge in [-0.2, -0.15) is 0 Å². The number of anilines is 1. The van der Waals surface area contributed by atoms with Gasteiger partial charge in [0.05, 0.1) is 12.2 Å². The molecule has 4 nitrogen and oxygen atoms in total. The summed E-state index contributed by atoms with van der Waals surface area (Å²) >= 11 is 0. The maximum absolute atomic E-state index is 14.0. The highest BCUT2D eigenvalue weighted by Gasteiger charge is 2.26. The summed E-state index contributed by atoms with van der Waals surface area (Å²) in [6.07, 6.45) is 2.52. The summed E-state index contributed by atoms with van der Waals surface area (Å²) in [7, 11) is 0. The topological polar surface area (TPSA) is 43.8 Å². The van der Waals surface area contributed by atoms with Crippen LogP contribution in [0.4, 0.5) is 10.1 Å². The molecule has 26 heavy (non-hydrogen) atoms. The standard InChI is InChI=1S/C21H25FN2O2/c22-19-8-4-5-9-20(19)23-14-11-18(12-15-23)24(16-21(25)26)13-10-17-6-2-1-3-7-17/h1-9,18H,10-16H2,(H,25,26). The molecular formula is C21H25FN2O2. The third kappa shape index (κ3) is 4.82. The highest BCUT2D eigenvalue weighted by Crippen LogP contribution is 2.25. The molecule has 1 aliphatic rings. The Balaban J connectivity index is 1.59. The van der Waals surface area contributed by atoms with Crippen molar-refractivity contribution < 1.29 is 14.3 Å². The van der Waals surface area contributed by atoms with Crippen LogP contribution in [0.15, 0.2) is 54.6 Å². The van der Waals surface area contributed by atoms with E-state index < -0.39 is 5.97 Å². The fourth-order valence-electron chi connectivity index (χ4n) is 3.66. The van der Waals surface area contributed by atoms with Gasteiger partial charge in [-0.25, -0.2) is 4.39 Å². The molecule has 138 valence electrons. The van der Waals surface area contributed by atoms with Gasteiger partial charge in [-0.15, -0.1) is 0 Å². The lowest BCUT2D eigenvalue weighted by atomic mass is 10.0. The minimum Gasteiger partial charge on any atom is -0.480 e. The van der Waals surface area contributed by atoms with Gasteiger partial charge in [-0.1, -0.05) is 42.5 Å². The molecule has 1 heterocycles. The molecule has 3 rings (SSSR count). The lowest BCUT2D eigenvalue weighted by Crippen LogP contribution is -2.47. The van der Waals surface area contributed by atoms with Crippen LogP contribution < -0.4 is 4.90 Å². The van der Waals surface area contributed by atoms with E-state index in [4.69, 9.17) is 0 Å². The molecule has 1 N–H and O–H groups in total. The SMILES string of the molecule is O=C(O)CN(CCc1ccccc1)C1CCN(c2ccccc2F)CC1. The van der Waals surface area contributed by atoms with Crippen LogP contribution >= 0.6 is 0 Å². The summed E-state index contributed by atoms with van der Waals surface area (Å²) in [5.74, 6) is -0.994. The van der Waals surface area contributed by atoms with Crippen LogP contribution in [0.1, 0.15) is 18.4 Å². The lowest BCUT2D eigenvalue weighted by Gasteiger charge is -2.39. The summed E-state index contributed by atoms with van der Waals surface area (Å²) in [6, 6.07) is 17.2. The van der Waals surface area contributed by atoms with E-state index in [2.05, 4.69) is 21.9 Å². The van der Waals surface area contributed by atoms with Gasteiger partial charge >= 0.3 is 5.97 Å². The van der Waals surface area contributed by atoms with Crippen LogP contribution in [0.2, 0.25) is 0 Å². The van der Waals surface area contributed by atoms with Crippen LogP contribution in [-0.4, -0.2) is 48.2 Å². The zero-order valence-electron chi connectivity index (χ0n) is 14.9. The Hall–Kier alpha value is -2.40. The largest absolute Gasteiger partial charge is 0.480 e. The van der Waals surface area contributed by atoms with Crippen LogP contribution in [-0.2, 0) is 11.2 Å². The van der Waals surface area contributed by atoms with Crippen molar-refractivity contribution >= 4 is 11.7 Å². The zero-order chi connectivity index (χ0) is 18.4. The van der Waals surface area contributed by atoms with Gasteiger partial charge in [0.15, 0.2) is 0 Å². The number of halogens is 1. The molecule has 1 saturated heterocycles. The van der Waals surface area contributed by atoms with E-state index >= 15 is 0 Å². The minimum absolute atomic E-state index is 0.0528. The monoisotopic (exact) mass is 356 g/mol. The van der Waals surface area contributed by atoms with Gasteiger partial charge in [0.1, 0.15) is 5.82 Å². The van der Waals surface area contributed by atoms with Crippen LogP contribution in [0.3, 0.4) is 0 Å². The van der Waals surface area contributed by atoms with E-state index in [9.17, 15) is 14.3 Å². The predicted molar refractivity (Wildman–Crippen MR) is 101 cm³/mol. The minimum atomic E-state index is -0.797. The number of aliphatic carboxylic acids is 1. The molecule has 0 radical (unpaired) electrons. The van der Waals surface area contributed by atoms with Gasteiger partial charge in [-0.05, 0) is 37.0 Å². The van der Waals surface area contributed by atoms with Crippen molar-refractivity contribution in [1.29, 1.82) is 0 Å². The maximum atomic E-state index is 14.0. The summed E-state index contributed by atoms with van der Waals surface area (Å²) < 4.78 is 14.0.